The molecule has 6 heteroatoms. The average Bonchev–Trinajstić information content (AvgIpc) is 2.70. The summed E-state index contributed by atoms with van der Waals surface area (Å²) in [5.41, 5.74) is 2.91. The van der Waals surface area contributed by atoms with E-state index in [-0.39, 0.29) is 10.6 Å². The van der Waals surface area contributed by atoms with Gasteiger partial charge >= 0.3 is 0 Å². The fourth-order valence-corrected chi connectivity index (χ4v) is 2.03. The Balaban J connectivity index is 2.56. The third-order valence-electron chi connectivity index (χ3n) is 3.16. The molecule has 0 radical (unpaired) electrons. The summed E-state index contributed by atoms with van der Waals surface area (Å²) < 4.78 is 1.97. The molecule has 6 nitrogen and oxygen atoms in total. The molecule has 1 heterocycles. The molecule has 2 rings (SSSR count). The summed E-state index contributed by atoms with van der Waals surface area (Å²) in [5.74, 6) is 0.906. The number of rotatable bonds is 4. The van der Waals surface area contributed by atoms with Crippen molar-refractivity contribution in [3.63, 3.8) is 0 Å². The van der Waals surface area contributed by atoms with E-state index in [2.05, 4.69) is 10.3 Å². The molecular formula is C13H16N4O2. The first-order valence-electron chi connectivity index (χ1n) is 5.95. The number of aryl methyl sites for hydroxylation is 1. The van der Waals surface area contributed by atoms with Crippen LogP contribution in [0.3, 0.4) is 0 Å². The Morgan fingerprint density at radius 2 is 2.21 bits per heavy atom. The van der Waals surface area contributed by atoms with Crippen LogP contribution in [0.2, 0.25) is 0 Å². The second-order valence-electron chi connectivity index (χ2n) is 4.38. The van der Waals surface area contributed by atoms with Gasteiger partial charge in [-0.25, -0.2) is 4.98 Å². The van der Waals surface area contributed by atoms with E-state index < -0.39 is 0 Å². The van der Waals surface area contributed by atoms with E-state index in [1.54, 1.807) is 18.3 Å². The molecule has 100 valence electrons. The largest absolute Gasteiger partial charge is 0.331 e. The molecule has 2 aromatic rings. The molecule has 0 amide bonds. The third-order valence-corrected chi connectivity index (χ3v) is 3.16. The van der Waals surface area contributed by atoms with Gasteiger partial charge in [-0.05, 0) is 25.6 Å². The second kappa shape index (κ2) is 5.19. The van der Waals surface area contributed by atoms with Gasteiger partial charge in [0.15, 0.2) is 0 Å². The van der Waals surface area contributed by atoms with E-state index in [9.17, 15) is 10.1 Å². The number of nitro groups is 1. The van der Waals surface area contributed by atoms with E-state index in [0.29, 0.717) is 6.54 Å². The van der Waals surface area contributed by atoms with Gasteiger partial charge in [0.1, 0.15) is 5.82 Å². The van der Waals surface area contributed by atoms with Crippen molar-refractivity contribution in [3.8, 4) is 11.3 Å². The number of nitro benzene ring substituents is 1. The number of hydrogen-bond acceptors (Lipinski definition) is 4. The van der Waals surface area contributed by atoms with Crippen LogP contribution >= 0.6 is 0 Å². The molecule has 0 aliphatic heterocycles. The number of benzene rings is 1. The van der Waals surface area contributed by atoms with Crippen LogP contribution in [0.5, 0.6) is 0 Å². The minimum atomic E-state index is -0.378. The first kappa shape index (κ1) is 13.2. The van der Waals surface area contributed by atoms with Gasteiger partial charge in [0.05, 0.1) is 16.8 Å². The predicted octanol–water partition coefficient (Wildman–Crippen LogP) is 2.02. The number of imidazole rings is 1. The fraction of sp³-hybridized carbons (Fsp3) is 0.308. The van der Waals surface area contributed by atoms with Crippen LogP contribution in [0.15, 0.2) is 24.4 Å². The van der Waals surface area contributed by atoms with Crippen molar-refractivity contribution in [2.45, 2.75) is 13.5 Å². The van der Waals surface area contributed by atoms with Crippen molar-refractivity contribution in [2.24, 2.45) is 7.05 Å². The van der Waals surface area contributed by atoms with Gasteiger partial charge in [-0.15, -0.1) is 0 Å². The van der Waals surface area contributed by atoms with E-state index in [0.717, 1.165) is 22.6 Å². The molecule has 1 aromatic carbocycles. The van der Waals surface area contributed by atoms with Gasteiger partial charge in [0, 0.05) is 31.3 Å². The van der Waals surface area contributed by atoms with Crippen molar-refractivity contribution < 1.29 is 4.92 Å². The smallest absolute Gasteiger partial charge is 0.269 e. The highest BCUT2D eigenvalue weighted by Crippen LogP contribution is 2.27. The zero-order valence-electron chi connectivity index (χ0n) is 11.2. The Hall–Kier alpha value is -2.21. The Morgan fingerprint density at radius 1 is 1.47 bits per heavy atom. The first-order valence-corrected chi connectivity index (χ1v) is 5.95. The second-order valence-corrected chi connectivity index (χ2v) is 4.38. The van der Waals surface area contributed by atoms with E-state index in [1.165, 1.54) is 6.07 Å². The van der Waals surface area contributed by atoms with Crippen LogP contribution in [0.25, 0.3) is 11.3 Å². The van der Waals surface area contributed by atoms with Crippen LogP contribution in [0.1, 0.15) is 11.4 Å². The molecule has 0 fully saturated rings. The number of non-ortho nitro benzene ring substituents is 1. The fourth-order valence-electron chi connectivity index (χ4n) is 2.03. The van der Waals surface area contributed by atoms with Crippen LogP contribution in [0.4, 0.5) is 5.69 Å². The minimum absolute atomic E-state index is 0.105. The number of aromatic nitrogens is 2. The van der Waals surface area contributed by atoms with Crippen LogP contribution in [-0.2, 0) is 13.6 Å². The molecule has 0 saturated carbocycles. The lowest BCUT2D eigenvalue weighted by Crippen LogP contribution is -2.08. The van der Waals surface area contributed by atoms with E-state index >= 15 is 0 Å². The van der Waals surface area contributed by atoms with Gasteiger partial charge in [-0.2, -0.15) is 0 Å². The van der Waals surface area contributed by atoms with Gasteiger partial charge < -0.3 is 9.88 Å². The molecular weight excluding hydrogens is 244 g/mol. The van der Waals surface area contributed by atoms with Crippen LogP contribution < -0.4 is 5.32 Å². The van der Waals surface area contributed by atoms with Crippen molar-refractivity contribution in [2.75, 3.05) is 7.05 Å². The Labute approximate surface area is 111 Å². The summed E-state index contributed by atoms with van der Waals surface area (Å²) in [6.07, 6.45) is 1.79. The van der Waals surface area contributed by atoms with Crippen LogP contribution in [-0.4, -0.2) is 21.5 Å². The minimum Gasteiger partial charge on any atom is -0.331 e. The predicted molar refractivity (Wildman–Crippen MR) is 72.8 cm³/mol. The number of nitrogens with zero attached hydrogens (tertiary/aromatic N) is 3. The number of hydrogen-bond donors (Lipinski definition) is 1. The highest BCUT2D eigenvalue weighted by molar-refractivity contribution is 5.66. The summed E-state index contributed by atoms with van der Waals surface area (Å²) in [4.78, 5) is 14.7. The average molecular weight is 260 g/mol. The van der Waals surface area contributed by atoms with Gasteiger partial charge in [0.2, 0.25) is 0 Å². The molecule has 0 unspecified atom stereocenters. The zero-order valence-corrected chi connectivity index (χ0v) is 11.2. The summed E-state index contributed by atoms with van der Waals surface area (Å²) in [6.45, 7) is 2.49. The van der Waals surface area contributed by atoms with Crippen molar-refractivity contribution in [1.82, 2.24) is 14.9 Å². The number of nitrogens with one attached hydrogen (secondary N) is 1. The standard InChI is InChI=1S/C13H16N4O2/c1-9-15-8-13(16(9)3)12-5-4-11(17(18)19)6-10(12)7-14-2/h4-6,8,14H,7H2,1-3H3. The zero-order chi connectivity index (χ0) is 14.0. The topological polar surface area (TPSA) is 73.0 Å². The van der Waals surface area contributed by atoms with E-state index in [1.807, 2.05) is 25.6 Å². The molecule has 1 aromatic heterocycles. The highest BCUT2D eigenvalue weighted by atomic mass is 16.6. The maximum atomic E-state index is 10.8. The van der Waals surface area contributed by atoms with Crippen molar-refractivity contribution in [3.05, 3.63) is 45.9 Å². The molecule has 1 N–H and O–H groups in total. The molecule has 0 aliphatic rings. The maximum absolute atomic E-state index is 10.8. The first-order chi connectivity index (χ1) is 9.04. The molecule has 0 atom stereocenters. The normalized spacial score (nSPS) is 10.7. The molecule has 0 spiro atoms. The Morgan fingerprint density at radius 3 is 2.74 bits per heavy atom. The Kier molecular flexibility index (Phi) is 3.62. The van der Waals surface area contributed by atoms with Crippen molar-refractivity contribution >= 4 is 5.69 Å². The Bertz CT molecular complexity index is 619. The summed E-state index contributed by atoms with van der Waals surface area (Å²) in [5, 5.41) is 13.9. The van der Waals surface area contributed by atoms with Gasteiger partial charge in [-0.1, -0.05) is 0 Å². The maximum Gasteiger partial charge on any atom is 0.269 e. The quantitative estimate of drug-likeness (QED) is 0.674. The van der Waals surface area contributed by atoms with E-state index in [4.69, 9.17) is 0 Å². The molecule has 0 aliphatic carbocycles. The highest BCUT2D eigenvalue weighted by Gasteiger charge is 2.14. The van der Waals surface area contributed by atoms with Gasteiger partial charge in [-0.3, -0.25) is 10.1 Å². The molecule has 0 saturated heterocycles. The lowest BCUT2D eigenvalue weighted by Gasteiger charge is -2.10. The third kappa shape index (κ3) is 2.48. The van der Waals surface area contributed by atoms with Crippen LogP contribution in [0, 0.1) is 17.0 Å². The SMILES string of the molecule is CNCc1cc([N+](=O)[O-])ccc1-c1cnc(C)n1C. The lowest BCUT2D eigenvalue weighted by molar-refractivity contribution is -0.384. The van der Waals surface area contributed by atoms with Crippen molar-refractivity contribution in [1.29, 1.82) is 0 Å². The molecule has 0 bridgehead atoms. The molecule has 19 heavy (non-hydrogen) atoms. The summed E-state index contributed by atoms with van der Waals surface area (Å²) >= 11 is 0. The summed E-state index contributed by atoms with van der Waals surface area (Å²) in [6, 6.07) is 4.91. The monoisotopic (exact) mass is 260 g/mol. The lowest BCUT2D eigenvalue weighted by atomic mass is 10.0. The summed E-state index contributed by atoms with van der Waals surface area (Å²) in [7, 11) is 3.75. The van der Waals surface area contributed by atoms with Gasteiger partial charge in [0.25, 0.3) is 5.69 Å².